The lowest BCUT2D eigenvalue weighted by molar-refractivity contribution is 0.514. The van der Waals surface area contributed by atoms with Crippen molar-refractivity contribution in [3.05, 3.63) is 29.6 Å². The minimum absolute atomic E-state index is 0.560. The van der Waals surface area contributed by atoms with Gasteiger partial charge in [-0.3, -0.25) is 4.98 Å². The van der Waals surface area contributed by atoms with E-state index in [0.29, 0.717) is 12.0 Å². The van der Waals surface area contributed by atoms with E-state index >= 15 is 0 Å². The van der Waals surface area contributed by atoms with Gasteiger partial charge in [-0.25, -0.2) is 0 Å². The van der Waals surface area contributed by atoms with Crippen LogP contribution in [0, 0.1) is 6.92 Å². The molecule has 0 aliphatic carbocycles. The fourth-order valence-corrected chi connectivity index (χ4v) is 1.77. The van der Waals surface area contributed by atoms with Crippen molar-refractivity contribution in [2.45, 2.75) is 39.2 Å². The molecule has 0 fully saturated rings. The van der Waals surface area contributed by atoms with E-state index < -0.39 is 0 Å². The van der Waals surface area contributed by atoms with Gasteiger partial charge in [0.15, 0.2) is 0 Å². The first kappa shape index (κ1) is 11.2. The van der Waals surface area contributed by atoms with Gasteiger partial charge in [-0.05, 0) is 50.4 Å². The lowest BCUT2D eigenvalue weighted by atomic mass is 9.93. The van der Waals surface area contributed by atoms with Crippen LogP contribution in [-0.2, 0) is 0 Å². The molecule has 1 aromatic rings. The topological polar surface area (TPSA) is 24.9 Å². The zero-order chi connectivity index (χ0) is 10.6. The quantitative estimate of drug-likeness (QED) is 0.792. The molecule has 1 aromatic heterocycles. The first-order valence-corrected chi connectivity index (χ1v) is 5.23. The fourth-order valence-electron chi connectivity index (χ4n) is 1.77. The van der Waals surface area contributed by atoms with E-state index in [1.165, 1.54) is 11.1 Å². The third kappa shape index (κ3) is 2.81. The molecule has 2 atom stereocenters. The molecule has 1 N–H and O–H groups in total. The fraction of sp³-hybridized carbons (Fsp3) is 0.583. The summed E-state index contributed by atoms with van der Waals surface area (Å²) in [6, 6.07) is 2.64. The minimum atomic E-state index is 0.560. The van der Waals surface area contributed by atoms with Gasteiger partial charge < -0.3 is 5.32 Å². The van der Waals surface area contributed by atoms with Crippen molar-refractivity contribution >= 4 is 0 Å². The van der Waals surface area contributed by atoms with Gasteiger partial charge in [0.1, 0.15) is 0 Å². The standard InChI is InChI=1S/C12H20N2/c1-9-5-6-14-8-12(9)10(2)7-11(3)13-4/h5-6,8,10-11,13H,7H2,1-4H3. The van der Waals surface area contributed by atoms with Crippen LogP contribution in [-0.4, -0.2) is 18.1 Å². The number of aromatic nitrogens is 1. The summed E-state index contributed by atoms with van der Waals surface area (Å²) in [6.07, 6.45) is 5.00. The van der Waals surface area contributed by atoms with Crippen LogP contribution in [0.2, 0.25) is 0 Å². The molecule has 0 saturated carbocycles. The number of hydrogen-bond acceptors (Lipinski definition) is 2. The van der Waals surface area contributed by atoms with Crippen LogP contribution in [0.15, 0.2) is 18.5 Å². The van der Waals surface area contributed by atoms with E-state index in [2.05, 4.69) is 37.1 Å². The second kappa shape index (κ2) is 5.11. The molecular formula is C12H20N2. The molecule has 0 aromatic carbocycles. The zero-order valence-corrected chi connectivity index (χ0v) is 9.54. The van der Waals surface area contributed by atoms with Crippen molar-refractivity contribution in [1.29, 1.82) is 0 Å². The molecule has 0 bridgehead atoms. The SMILES string of the molecule is CNC(C)CC(C)c1cnccc1C. The molecular weight excluding hydrogens is 172 g/mol. The molecule has 0 aliphatic rings. The summed E-state index contributed by atoms with van der Waals surface area (Å²) in [6.45, 7) is 6.62. The predicted molar refractivity (Wildman–Crippen MR) is 60.5 cm³/mol. The van der Waals surface area contributed by atoms with Gasteiger partial charge in [-0.15, -0.1) is 0 Å². The number of rotatable bonds is 4. The summed E-state index contributed by atoms with van der Waals surface area (Å²) in [5.41, 5.74) is 2.71. The lowest BCUT2D eigenvalue weighted by Crippen LogP contribution is -2.23. The van der Waals surface area contributed by atoms with Crippen LogP contribution in [0.4, 0.5) is 0 Å². The van der Waals surface area contributed by atoms with E-state index in [-0.39, 0.29) is 0 Å². The summed E-state index contributed by atoms with van der Waals surface area (Å²) < 4.78 is 0. The summed E-state index contributed by atoms with van der Waals surface area (Å²) in [5.74, 6) is 0.575. The van der Waals surface area contributed by atoms with Gasteiger partial charge in [0.25, 0.3) is 0 Å². The second-order valence-electron chi connectivity index (χ2n) is 4.06. The van der Waals surface area contributed by atoms with Crippen molar-refractivity contribution < 1.29 is 0 Å². The molecule has 0 amide bonds. The number of nitrogens with one attached hydrogen (secondary N) is 1. The average Bonchev–Trinajstić information content (AvgIpc) is 2.18. The van der Waals surface area contributed by atoms with Crippen LogP contribution in [0.5, 0.6) is 0 Å². The van der Waals surface area contributed by atoms with Crippen LogP contribution < -0.4 is 5.32 Å². The van der Waals surface area contributed by atoms with Crippen LogP contribution in [0.3, 0.4) is 0 Å². The smallest absolute Gasteiger partial charge is 0.0305 e. The highest BCUT2D eigenvalue weighted by Crippen LogP contribution is 2.22. The Morgan fingerprint density at radius 1 is 1.43 bits per heavy atom. The third-order valence-electron chi connectivity index (χ3n) is 2.81. The Morgan fingerprint density at radius 2 is 2.14 bits per heavy atom. The average molecular weight is 192 g/mol. The molecule has 78 valence electrons. The highest BCUT2D eigenvalue weighted by atomic mass is 14.8. The summed E-state index contributed by atoms with van der Waals surface area (Å²) in [5, 5.41) is 3.26. The monoisotopic (exact) mass is 192 g/mol. The number of aryl methyl sites for hydroxylation is 1. The molecule has 0 aliphatic heterocycles. The molecule has 0 spiro atoms. The number of nitrogens with zero attached hydrogens (tertiary/aromatic N) is 1. The van der Waals surface area contributed by atoms with Crippen molar-refractivity contribution in [2.75, 3.05) is 7.05 Å². The third-order valence-corrected chi connectivity index (χ3v) is 2.81. The Balaban J connectivity index is 2.69. The molecule has 0 radical (unpaired) electrons. The van der Waals surface area contributed by atoms with Gasteiger partial charge >= 0.3 is 0 Å². The normalized spacial score (nSPS) is 15.1. The Morgan fingerprint density at radius 3 is 2.71 bits per heavy atom. The molecule has 2 heteroatoms. The molecule has 14 heavy (non-hydrogen) atoms. The molecule has 2 unspecified atom stereocenters. The van der Waals surface area contributed by atoms with Crippen LogP contribution in [0.1, 0.15) is 37.3 Å². The number of pyridine rings is 1. The van der Waals surface area contributed by atoms with E-state index in [9.17, 15) is 0 Å². The molecule has 1 heterocycles. The van der Waals surface area contributed by atoms with E-state index in [1.807, 2.05) is 19.4 Å². The highest BCUT2D eigenvalue weighted by Gasteiger charge is 2.11. The van der Waals surface area contributed by atoms with Gasteiger partial charge in [0.2, 0.25) is 0 Å². The largest absolute Gasteiger partial charge is 0.317 e. The molecule has 1 rings (SSSR count). The maximum Gasteiger partial charge on any atom is 0.0305 e. The second-order valence-corrected chi connectivity index (χ2v) is 4.06. The van der Waals surface area contributed by atoms with Crippen molar-refractivity contribution in [1.82, 2.24) is 10.3 Å². The highest BCUT2D eigenvalue weighted by molar-refractivity contribution is 5.25. The Bertz CT molecular complexity index is 283. The van der Waals surface area contributed by atoms with Gasteiger partial charge in [0.05, 0.1) is 0 Å². The van der Waals surface area contributed by atoms with Crippen molar-refractivity contribution in [2.24, 2.45) is 0 Å². The number of hydrogen-bond donors (Lipinski definition) is 1. The van der Waals surface area contributed by atoms with Gasteiger partial charge in [-0.1, -0.05) is 6.92 Å². The van der Waals surface area contributed by atoms with Crippen LogP contribution >= 0.6 is 0 Å². The van der Waals surface area contributed by atoms with Gasteiger partial charge in [0, 0.05) is 18.4 Å². The van der Waals surface area contributed by atoms with Crippen molar-refractivity contribution in [3.63, 3.8) is 0 Å². The minimum Gasteiger partial charge on any atom is -0.317 e. The van der Waals surface area contributed by atoms with E-state index in [1.54, 1.807) is 0 Å². The zero-order valence-electron chi connectivity index (χ0n) is 9.54. The van der Waals surface area contributed by atoms with E-state index in [0.717, 1.165) is 6.42 Å². The van der Waals surface area contributed by atoms with Crippen molar-refractivity contribution in [3.8, 4) is 0 Å². The summed E-state index contributed by atoms with van der Waals surface area (Å²) >= 11 is 0. The van der Waals surface area contributed by atoms with Gasteiger partial charge in [-0.2, -0.15) is 0 Å². The maximum absolute atomic E-state index is 4.18. The Hall–Kier alpha value is -0.890. The maximum atomic E-state index is 4.18. The Kier molecular flexibility index (Phi) is 4.08. The first-order chi connectivity index (χ1) is 6.65. The predicted octanol–water partition coefficient (Wildman–Crippen LogP) is 2.49. The molecule has 2 nitrogen and oxygen atoms in total. The summed E-state index contributed by atoms with van der Waals surface area (Å²) in [4.78, 5) is 4.18. The Labute approximate surface area is 86.8 Å². The first-order valence-electron chi connectivity index (χ1n) is 5.23. The van der Waals surface area contributed by atoms with E-state index in [4.69, 9.17) is 0 Å². The van der Waals surface area contributed by atoms with Crippen LogP contribution in [0.25, 0.3) is 0 Å². The molecule has 0 saturated heterocycles. The summed E-state index contributed by atoms with van der Waals surface area (Å²) in [7, 11) is 2.01. The lowest BCUT2D eigenvalue weighted by Gasteiger charge is -2.18.